The van der Waals surface area contributed by atoms with Crippen molar-refractivity contribution in [2.24, 2.45) is 5.73 Å². The Bertz CT molecular complexity index is 1040. The van der Waals surface area contributed by atoms with Gasteiger partial charge in [0.25, 0.3) is 0 Å². The summed E-state index contributed by atoms with van der Waals surface area (Å²) in [5, 5.41) is 11.0. The molecule has 2 heterocycles. The van der Waals surface area contributed by atoms with Crippen LogP contribution >= 0.6 is 0 Å². The van der Waals surface area contributed by atoms with E-state index in [9.17, 15) is 9.59 Å². The molecular weight excluding hydrogens is 364 g/mol. The summed E-state index contributed by atoms with van der Waals surface area (Å²) in [6, 6.07) is 6.44. The van der Waals surface area contributed by atoms with Crippen LogP contribution < -0.4 is 16.8 Å². The van der Waals surface area contributed by atoms with E-state index in [-0.39, 0.29) is 18.3 Å². The molecule has 3 rings (SSSR count). The maximum Gasteiger partial charge on any atom is 0.325 e. The molecule has 146 valence electrons. The van der Waals surface area contributed by atoms with E-state index in [1.54, 1.807) is 45.0 Å². The van der Waals surface area contributed by atoms with Crippen molar-refractivity contribution in [3.63, 3.8) is 0 Å². The Morgan fingerprint density at radius 3 is 2.46 bits per heavy atom. The Morgan fingerprint density at radius 2 is 1.86 bits per heavy atom. The zero-order chi connectivity index (χ0) is 20.5. The number of nitrogens with two attached hydrogens (primary N) is 2. The number of nitrogens with zero attached hydrogens (tertiary/aromatic N) is 5. The van der Waals surface area contributed by atoms with Crippen LogP contribution in [0.4, 0.5) is 11.8 Å². The molecule has 3 aromatic rings. The second-order valence-electron chi connectivity index (χ2n) is 6.95. The molecule has 0 spiro atoms. The van der Waals surface area contributed by atoms with Crippen LogP contribution in [-0.2, 0) is 9.53 Å². The number of ether oxygens (including phenoxy) is 1. The van der Waals surface area contributed by atoms with Gasteiger partial charge < -0.3 is 21.5 Å². The topological polar surface area (TPSA) is 164 Å². The number of hydrogen-bond donors (Lipinski definition) is 3. The van der Waals surface area contributed by atoms with Gasteiger partial charge >= 0.3 is 5.97 Å². The molecule has 0 fully saturated rings. The summed E-state index contributed by atoms with van der Waals surface area (Å²) in [4.78, 5) is 31.4. The number of esters is 1. The predicted octanol–water partition coefficient (Wildman–Crippen LogP) is 0.645. The molecule has 0 aliphatic carbocycles. The number of carbonyl (C=O) groups is 2. The third kappa shape index (κ3) is 4.14. The fourth-order valence-corrected chi connectivity index (χ4v) is 2.43. The number of carbonyl (C=O) groups excluding carboxylic acids is 2. The third-order valence-electron chi connectivity index (χ3n) is 3.53. The van der Waals surface area contributed by atoms with Crippen molar-refractivity contribution in [3.05, 3.63) is 29.8 Å². The first-order chi connectivity index (χ1) is 13.1. The Kier molecular flexibility index (Phi) is 4.82. The van der Waals surface area contributed by atoms with Crippen LogP contribution in [-0.4, -0.2) is 49.0 Å². The molecule has 1 amide bonds. The standard InChI is InChI=1S/C17H20N8O3/c1-17(2,3)28-11(26)8-20-14-12-15(22-16(19)21-14)25(24-23-12)10-6-4-9(5-7-10)13(18)27/h4-7H,8H2,1-3H3,(H2,18,27)(H3,19,20,21,22). The van der Waals surface area contributed by atoms with Gasteiger partial charge in [-0.15, -0.1) is 5.10 Å². The van der Waals surface area contributed by atoms with Crippen molar-refractivity contribution < 1.29 is 14.3 Å². The zero-order valence-corrected chi connectivity index (χ0v) is 15.6. The highest BCUT2D eigenvalue weighted by Crippen LogP contribution is 2.21. The average Bonchev–Trinajstić information content (AvgIpc) is 3.02. The highest BCUT2D eigenvalue weighted by Gasteiger charge is 2.19. The molecule has 0 radical (unpaired) electrons. The minimum absolute atomic E-state index is 0.0171. The summed E-state index contributed by atoms with van der Waals surface area (Å²) in [7, 11) is 0. The van der Waals surface area contributed by atoms with Crippen LogP contribution in [0.5, 0.6) is 0 Å². The molecule has 0 saturated heterocycles. The van der Waals surface area contributed by atoms with Gasteiger partial charge in [-0.1, -0.05) is 5.21 Å². The molecule has 11 nitrogen and oxygen atoms in total. The highest BCUT2D eigenvalue weighted by molar-refractivity contribution is 5.93. The largest absolute Gasteiger partial charge is 0.459 e. The highest BCUT2D eigenvalue weighted by atomic mass is 16.6. The van der Waals surface area contributed by atoms with Crippen molar-refractivity contribution in [1.82, 2.24) is 25.0 Å². The molecular formula is C17H20N8O3. The van der Waals surface area contributed by atoms with Crippen molar-refractivity contribution in [2.75, 3.05) is 17.6 Å². The van der Waals surface area contributed by atoms with Gasteiger partial charge in [-0.05, 0) is 45.0 Å². The maximum absolute atomic E-state index is 11.9. The lowest BCUT2D eigenvalue weighted by Gasteiger charge is -2.19. The number of rotatable bonds is 5. The van der Waals surface area contributed by atoms with Gasteiger partial charge in [-0.25, -0.2) is 0 Å². The predicted molar refractivity (Wildman–Crippen MR) is 102 cm³/mol. The van der Waals surface area contributed by atoms with Gasteiger partial charge in [0.05, 0.1) is 5.69 Å². The van der Waals surface area contributed by atoms with Gasteiger partial charge in [0, 0.05) is 5.56 Å². The summed E-state index contributed by atoms with van der Waals surface area (Å²) in [5.41, 5.74) is 12.1. The Balaban J connectivity index is 1.90. The van der Waals surface area contributed by atoms with E-state index in [0.29, 0.717) is 22.4 Å². The van der Waals surface area contributed by atoms with E-state index in [1.807, 2.05) is 0 Å². The second-order valence-corrected chi connectivity index (χ2v) is 6.95. The Morgan fingerprint density at radius 1 is 1.18 bits per heavy atom. The minimum atomic E-state index is -0.598. The van der Waals surface area contributed by atoms with Gasteiger partial charge in [0.15, 0.2) is 17.0 Å². The van der Waals surface area contributed by atoms with Crippen LogP contribution in [0.3, 0.4) is 0 Å². The quantitative estimate of drug-likeness (QED) is 0.535. The number of nitrogens with one attached hydrogen (secondary N) is 1. The van der Waals surface area contributed by atoms with Crippen molar-refractivity contribution in [1.29, 1.82) is 0 Å². The van der Waals surface area contributed by atoms with Crippen LogP contribution in [0, 0.1) is 0 Å². The lowest BCUT2D eigenvalue weighted by molar-refractivity contribution is -0.152. The summed E-state index contributed by atoms with van der Waals surface area (Å²) in [6.07, 6.45) is 0. The fraction of sp³-hybridized carbons (Fsp3) is 0.294. The van der Waals surface area contributed by atoms with Gasteiger partial charge in [-0.3, -0.25) is 9.59 Å². The van der Waals surface area contributed by atoms with E-state index < -0.39 is 17.5 Å². The molecule has 5 N–H and O–H groups in total. The molecule has 0 saturated carbocycles. The van der Waals surface area contributed by atoms with E-state index in [1.165, 1.54) is 4.68 Å². The number of nitrogen functional groups attached to an aromatic ring is 1. The zero-order valence-electron chi connectivity index (χ0n) is 15.6. The summed E-state index contributed by atoms with van der Waals surface area (Å²) in [6.45, 7) is 5.21. The third-order valence-corrected chi connectivity index (χ3v) is 3.53. The van der Waals surface area contributed by atoms with Crippen LogP contribution in [0.2, 0.25) is 0 Å². The first-order valence-corrected chi connectivity index (χ1v) is 8.39. The lowest BCUT2D eigenvalue weighted by Crippen LogP contribution is -2.28. The average molecular weight is 384 g/mol. The molecule has 0 unspecified atom stereocenters. The van der Waals surface area contributed by atoms with Crippen molar-refractivity contribution >= 4 is 34.8 Å². The van der Waals surface area contributed by atoms with E-state index >= 15 is 0 Å². The van der Waals surface area contributed by atoms with E-state index in [2.05, 4.69) is 25.6 Å². The summed E-state index contributed by atoms with van der Waals surface area (Å²) < 4.78 is 6.69. The Hall–Kier alpha value is -3.76. The monoisotopic (exact) mass is 384 g/mol. The van der Waals surface area contributed by atoms with E-state index in [0.717, 1.165) is 0 Å². The van der Waals surface area contributed by atoms with Crippen LogP contribution in [0.1, 0.15) is 31.1 Å². The molecule has 1 aromatic carbocycles. The number of aromatic nitrogens is 5. The summed E-state index contributed by atoms with van der Waals surface area (Å²) in [5.74, 6) is -0.743. The minimum Gasteiger partial charge on any atom is -0.459 e. The number of amides is 1. The van der Waals surface area contributed by atoms with Crippen molar-refractivity contribution in [2.45, 2.75) is 26.4 Å². The first kappa shape index (κ1) is 19.0. The molecule has 11 heteroatoms. The lowest BCUT2D eigenvalue weighted by atomic mass is 10.2. The van der Waals surface area contributed by atoms with Gasteiger partial charge in [-0.2, -0.15) is 14.6 Å². The second kappa shape index (κ2) is 7.10. The number of primary amides is 1. The number of benzene rings is 1. The summed E-state index contributed by atoms with van der Waals surface area (Å²) >= 11 is 0. The number of fused-ring (bicyclic) bond motifs is 1. The fourth-order valence-electron chi connectivity index (χ4n) is 2.43. The van der Waals surface area contributed by atoms with Crippen LogP contribution in [0.25, 0.3) is 16.9 Å². The van der Waals surface area contributed by atoms with Crippen molar-refractivity contribution in [3.8, 4) is 5.69 Å². The molecule has 0 atom stereocenters. The number of hydrogen-bond acceptors (Lipinski definition) is 9. The van der Waals surface area contributed by atoms with E-state index in [4.69, 9.17) is 16.2 Å². The molecule has 0 aliphatic heterocycles. The van der Waals surface area contributed by atoms with Gasteiger partial charge in [0.1, 0.15) is 12.1 Å². The molecule has 0 bridgehead atoms. The first-order valence-electron chi connectivity index (χ1n) is 8.39. The molecule has 2 aromatic heterocycles. The molecule has 28 heavy (non-hydrogen) atoms. The Labute approximate surface area is 160 Å². The van der Waals surface area contributed by atoms with Gasteiger partial charge in [0.2, 0.25) is 11.9 Å². The van der Waals surface area contributed by atoms with Crippen LogP contribution in [0.15, 0.2) is 24.3 Å². The normalized spacial score (nSPS) is 11.4. The number of anilines is 2. The maximum atomic E-state index is 11.9. The SMILES string of the molecule is CC(C)(C)OC(=O)CNc1nc(N)nc2c1nnn2-c1ccc(C(N)=O)cc1. The smallest absolute Gasteiger partial charge is 0.325 e. The molecule has 0 aliphatic rings.